The third-order valence-corrected chi connectivity index (χ3v) is 2.92. The zero-order valence-corrected chi connectivity index (χ0v) is 10.1. The van der Waals surface area contributed by atoms with Crippen molar-refractivity contribution >= 4 is 17.4 Å². The Morgan fingerprint density at radius 1 is 1.38 bits per heavy atom. The van der Waals surface area contributed by atoms with E-state index < -0.39 is 0 Å². The summed E-state index contributed by atoms with van der Waals surface area (Å²) in [5, 5.41) is 4.32. The molecule has 0 unspecified atom stereocenters. The Bertz CT molecular complexity index is 465. The molecule has 0 aliphatic carbocycles. The summed E-state index contributed by atoms with van der Waals surface area (Å²) in [6.45, 7) is 0.777. The molecule has 4 heteroatoms. The fraction of sp³-hybridized carbons (Fsp3) is 0.250. The third-order valence-electron chi connectivity index (χ3n) is 2.29. The number of benzene rings is 1. The van der Waals surface area contributed by atoms with E-state index in [0.717, 1.165) is 18.0 Å². The molecule has 84 valence electrons. The van der Waals surface area contributed by atoms with Crippen LogP contribution in [0.25, 0.3) is 0 Å². The monoisotopic (exact) mass is 233 g/mol. The summed E-state index contributed by atoms with van der Waals surface area (Å²) in [6, 6.07) is 7.91. The Kier molecular flexibility index (Phi) is 3.51. The van der Waals surface area contributed by atoms with Crippen molar-refractivity contribution in [2.45, 2.75) is 12.3 Å². The molecule has 1 heterocycles. The van der Waals surface area contributed by atoms with Crippen molar-refractivity contribution in [2.24, 2.45) is 0 Å². The van der Waals surface area contributed by atoms with Gasteiger partial charge >= 0.3 is 0 Å². The summed E-state index contributed by atoms with van der Waals surface area (Å²) in [5.74, 6) is 1.01. The van der Waals surface area contributed by atoms with E-state index in [0.29, 0.717) is 0 Å². The van der Waals surface area contributed by atoms with Crippen LogP contribution in [0.4, 0.5) is 5.69 Å². The second-order valence-electron chi connectivity index (χ2n) is 3.72. The number of rotatable bonds is 4. The van der Waals surface area contributed by atoms with E-state index in [2.05, 4.69) is 23.6 Å². The highest BCUT2D eigenvalue weighted by Gasteiger charge is 1.99. The van der Waals surface area contributed by atoms with Crippen molar-refractivity contribution in [3.8, 4) is 0 Å². The van der Waals surface area contributed by atoms with Crippen molar-refractivity contribution in [2.75, 3.05) is 12.0 Å². The first-order chi connectivity index (χ1) is 7.78. The van der Waals surface area contributed by atoms with Gasteiger partial charge in [-0.1, -0.05) is 12.1 Å². The van der Waals surface area contributed by atoms with Gasteiger partial charge in [-0.25, -0.2) is 0 Å². The van der Waals surface area contributed by atoms with Gasteiger partial charge in [0.2, 0.25) is 0 Å². The van der Waals surface area contributed by atoms with Gasteiger partial charge in [0.15, 0.2) is 0 Å². The van der Waals surface area contributed by atoms with E-state index in [1.54, 1.807) is 11.8 Å². The van der Waals surface area contributed by atoms with Crippen LogP contribution < -0.4 is 5.73 Å². The van der Waals surface area contributed by atoms with Gasteiger partial charge in [-0.3, -0.25) is 4.68 Å². The molecule has 3 nitrogen and oxygen atoms in total. The molecule has 0 bridgehead atoms. The number of hydrogen-bond donors (Lipinski definition) is 1. The van der Waals surface area contributed by atoms with Crippen LogP contribution in [0.15, 0.2) is 36.7 Å². The smallest absolute Gasteiger partial charge is 0.0660 e. The molecule has 16 heavy (non-hydrogen) atoms. The number of nitrogens with zero attached hydrogens (tertiary/aromatic N) is 2. The summed E-state index contributed by atoms with van der Waals surface area (Å²) in [6.07, 6.45) is 6.09. The Labute approximate surface area is 99.7 Å². The lowest BCUT2D eigenvalue weighted by Crippen LogP contribution is -2.00. The average molecular weight is 233 g/mol. The van der Waals surface area contributed by atoms with Gasteiger partial charge in [0.1, 0.15) is 0 Å². The van der Waals surface area contributed by atoms with Gasteiger partial charge in [0.25, 0.3) is 0 Å². The van der Waals surface area contributed by atoms with Gasteiger partial charge < -0.3 is 5.73 Å². The minimum absolute atomic E-state index is 0.777. The Balaban J connectivity index is 2.08. The van der Waals surface area contributed by atoms with Gasteiger partial charge in [-0.15, -0.1) is 0 Å². The van der Waals surface area contributed by atoms with Gasteiger partial charge in [-0.05, 0) is 29.5 Å². The lowest BCUT2D eigenvalue weighted by atomic mass is 10.2. The van der Waals surface area contributed by atoms with Crippen LogP contribution >= 0.6 is 11.8 Å². The second-order valence-corrected chi connectivity index (χ2v) is 4.59. The molecule has 0 saturated carbocycles. The summed E-state index contributed by atoms with van der Waals surface area (Å²) >= 11 is 1.80. The first-order valence-electron chi connectivity index (χ1n) is 5.12. The van der Waals surface area contributed by atoms with E-state index >= 15 is 0 Å². The first-order valence-corrected chi connectivity index (χ1v) is 6.52. The molecule has 2 rings (SSSR count). The number of nitrogens with two attached hydrogens (primary N) is 1. The van der Waals surface area contributed by atoms with Crippen LogP contribution in [-0.4, -0.2) is 16.0 Å². The van der Waals surface area contributed by atoms with Crippen molar-refractivity contribution in [3.63, 3.8) is 0 Å². The van der Waals surface area contributed by atoms with E-state index in [-0.39, 0.29) is 0 Å². The fourth-order valence-electron chi connectivity index (χ4n) is 1.61. The molecule has 1 aromatic carbocycles. The molecule has 0 atom stereocenters. The van der Waals surface area contributed by atoms with Gasteiger partial charge in [0, 0.05) is 17.6 Å². The van der Waals surface area contributed by atoms with Crippen molar-refractivity contribution in [3.05, 3.63) is 47.8 Å². The highest BCUT2D eigenvalue weighted by molar-refractivity contribution is 7.97. The topological polar surface area (TPSA) is 43.8 Å². The SMILES string of the molecule is CSCc1cnn(Cc2cccc(N)c2)c1. The number of anilines is 1. The summed E-state index contributed by atoms with van der Waals surface area (Å²) in [4.78, 5) is 0. The normalized spacial score (nSPS) is 10.6. The van der Waals surface area contributed by atoms with E-state index in [1.807, 2.05) is 29.1 Å². The molecule has 0 fully saturated rings. The molecular formula is C12H15N3S. The zero-order chi connectivity index (χ0) is 11.4. The molecule has 2 aromatic rings. The molecule has 2 N–H and O–H groups in total. The maximum absolute atomic E-state index is 5.73. The van der Waals surface area contributed by atoms with Crippen LogP contribution in [0.2, 0.25) is 0 Å². The predicted molar refractivity (Wildman–Crippen MR) is 69.4 cm³/mol. The predicted octanol–water partition coefficient (Wildman–Crippen LogP) is 2.38. The highest BCUT2D eigenvalue weighted by atomic mass is 32.2. The maximum atomic E-state index is 5.73. The second kappa shape index (κ2) is 5.07. The van der Waals surface area contributed by atoms with Gasteiger partial charge in [-0.2, -0.15) is 16.9 Å². The Morgan fingerprint density at radius 2 is 2.25 bits per heavy atom. The summed E-state index contributed by atoms with van der Waals surface area (Å²) in [7, 11) is 0. The first kappa shape index (κ1) is 11.1. The van der Waals surface area contributed by atoms with E-state index in [1.165, 1.54) is 11.1 Å². The fourth-order valence-corrected chi connectivity index (χ4v) is 2.09. The van der Waals surface area contributed by atoms with E-state index in [4.69, 9.17) is 5.73 Å². The molecule has 0 aliphatic heterocycles. The molecule has 0 saturated heterocycles. The quantitative estimate of drug-likeness (QED) is 0.825. The standard InChI is InChI=1S/C12H15N3S/c1-16-9-11-6-14-15(8-11)7-10-3-2-4-12(13)5-10/h2-6,8H,7,9,13H2,1H3. The van der Waals surface area contributed by atoms with Crippen molar-refractivity contribution in [1.82, 2.24) is 9.78 Å². The van der Waals surface area contributed by atoms with Crippen LogP contribution in [-0.2, 0) is 12.3 Å². The minimum atomic E-state index is 0.777. The van der Waals surface area contributed by atoms with Gasteiger partial charge in [0.05, 0.1) is 12.7 Å². The maximum Gasteiger partial charge on any atom is 0.0660 e. The number of aromatic nitrogens is 2. The molecule has 0 amide bonds. The molecule has 0 spiro atoms. The lowest BCUT2D eigenvalue weighted by molar-refractivity contribution is 0.686. The lowest BCUT2D eigenvalue weighted by Gasteiger charge is -2.02. The number of thioether (sulfide) groups is 1. The van der Waals surface area contributed by atoms with Crippen LogP contribution in [0, 0.1) is 0 Å². The third kappa shape index (κ3) is 2.79. The van der Waals surface area contributed by atoms with Crippen LogP contribution in [0.1, 0.15) is 11.1 Å². The molecular weight excluding hydrogens is 218 g/mol. The van der Waals surface area contributed by atoms with Crippen LogP contribution in [0.3, 0.4) is 0 Å². The zero-order valence-electron chi connectivity index (χ0n) is 9.26. The van der Waals surface area contributed by atoms with E-state index in [9.17, 15) is 0 Å². The van der Waals surface area contributed by atoms with Crippen LogP contribution in [0.5, 0.6) is 0 Å². The molecule has 0 aliphatic rings. The largest absolute Gasteiger partial charge is 0.399 e. The highest BCUT2D eigenvalue weighted by Crippen LogP contribution is 2.11. The van der Waals surface area contributed by atoms with Crippen molar-refractivity contribution in [1.29, 1.82) is 0 Å². The summed E-state index contributed by atoms with van der Waals surface area (Å²) in [5.41, 5.74) is 8.97. The summed E-state index contributed by atoms with van der Waals surface area (Å²) < 4.78 is 1.94. The van der Waals surface area contributed by atoms with Crippen molar-refractivity contribution < 1.29 is 0 Å². The number of nitrogen functional groups attached to an aromatic ring is 1. The Morgan fingerprint density at radius 3 is 3.00 bits per heavy atom. The average Bonchev–Trinajstić information content (AvgIpc) is 2.66. The molecule has 1 aromatic heterocycles. The number of hydrogen-bond acceptors (Lipinski definition) is 3. The molecule has 0 radical (unpaired) electrons. The Hall–Kier alpha value is -1.42. The minimum Gasteiger partial charge on any atom is -0.399 e.